The van der Waals surface area contributed by atoms with Crippen LogP contribution in [0.4, 0.5) is 5.69 Å². The lowest BCUT2D eigenvalue weighted by molar-refractivity contribution is -0.146. The van der Waals surface area contributed by atoms with E-state index >= 15 is 0 Å². The number of hydrogen-bond donors (Lipinski definition) is 1. The van der Waals surface area contributed by atoms with Gasteiger partial charge in [0.2, 0.25) is 5.96 Å². The molecular formula is C20H21N3O3. The summed E-state index contributed by atoms with van der Waals surface area (Å²) in [5.74, 6) is -0.292. The maximum Gasteiger partial charge on any atom is 0.326 e. The van der Waals surface area contributed by atoms with E-state index in [4.69, 9.17) is 4.74 Å². The van der Waals surface area contributed by atoms with Gasteiger partial charge in [0.15, 0.2) is 0 Å². The normalized spacial score (nSPS) is 16.3. The van der Waals surface area contributed by atoms with Crippen molar-refractivity contribution in [3.63, 3.8) is 0 Å². The summed E-state index contributed by atoms with van der Waals surface area (Å²) in [6.07, 6.45) is 0.485. The molecule has 2 aromatic carbocycles. The van der Waals surface area contributed by atoms with Crippen LogP contribution in [-0.2, 0) is 20.7 Å². The Morgan fingerprint density at radius 1 is 1.12 bits per heavy atom. The Labute approximate surface area is 152 Å². The summed E-state index contributed by atoms with van der Waals surface area (Å²) in [4.78, 5) is 30.6. The Balaban J connectivity index is 1.80. The number of benzene rings is 2. The summed E-state index contributed by atoms with van der Waals surface area (Å²) >= 11 is 0. The van der Waals surface area contributed by atoms with Crippen molar-refractivity contribution in [1.82, 2.24) is 4.90 Å². The van der Waals surface area contributed by atoms with E-state index < -0.39 is 12.0 Å². The zero-order valence-electron chi connectivity index (χ0n) is 14.6. The monoisotopic (exact) mass is 351 g/mol. The third kappa shape index (κ3) is 4.27. The molecular weight excluding hydrogens is 330 g/mol. The van der Waals surface area contributed by atoms with Crippen LogP contribution in [0, 0.1) is 0 Å². The summed E-state index contributed by atoms with van der Waals surface area (Å²) in [6, 6.07) is 18.6. The lowest BCUT2D eigenvalue weighted by Crippen LogP contribution is -2.42. The highest BCUT2D eigenvalue weighted by Crippen LogP contribution is 2.18. The molecule has 1 atom stereocenters. The van der Waals surface area contributed by atoms with E-state index in [1.54, 1.807) is 6.92 Å². The molecule has 1 aliphatic heterocycles. The largest absolute Gasteiger partial charge is 0.465 e. The number of rotatable bonds is 6. The predicted octanol–water partition coefficient (Wildman–Crippen LogP) is 2.47. The first-order valence-corrected chi connectivity index (χ1v) is 8.58. The van der Waals surface area contributed by atoms with Gasteiger partial charge < -0.3 is 10.1 Å². The molecule has 134 valence electrons. The number of esters is 1. The molecule has 0 saturated carbocycles. The molecule has 6 heteroatoms. The number of anilines is 1. The lowest BCUT2D eigenvalue weighted by Gasteiger charge is -2.19. The molecule has 3 rings (SSSR count). The molecule has 1 N–H and O–H groups in total. The Kier molecular flexibility index (Phi) is 5.63. The predicted molar refractivity (Wildman–Crippen MR) is 99.8 cm³/mol. The smallest absolute Gasteiger partial charge is 0.326 e. The topological polar surface area (TPSA) is 71.0 Å². The van der Waals surface area contributed by atoms with Crippen molar-refractivity contribution >= 4 is 23.5 Å². The molecule has 0 bridgehead atoms. The summed E-state index contributed by atoms with van der Waals surface area (Å²) in [5.41, 5.74) is 1.82. The maximum absolute atomic E-state index is 12.8. The van der Waals surface area contributed by atoms with E-state index in [2.05, 4.69) is 10.3 Å². The van der Waals surface area contributed by atoms with Crippen LogP contribution < -0.4 is 5.32 Å². The molecule has 0 aromatic heterocycles. The molecule has 0 radical (unpaired) electrons. The van der Waals surface area contributed by atoms with Gasteiger partial charge in [-0.25, -0.2) is 4.99 Å². The first-order chi connectivity index (χ1) is 12.7. The summed E-state index contributed by atoms with van der Waals surface area (Å²) in [5, 5.41) is 3.13. The van der Waals surface area contributed by atoms with Crippen LogP contribution in [0.3, 0.4) is 0 Å². The molecule has 6 nitrogen and oxygen atoms in total. The van der Waals surface area contributed by atoms with E-state index in [1.807, 2.05) is 60.7 Å². The molecule has 0 fully saturated rings. The molecule has 26 heavy (non-hydrogen) atoms. The highest BCUT2D eigenvalue weighted by molar-refractivity contribution is 6.11. The van der Waals surface area contributed by atoms with Crippen LogP contribution in [0.1, 0.15) is 12.5 Å². The van der Waals surface area contributed by atoms with Crippen LogP contribution in [0.15, 0.2) is 65.7 Å². The van der Waals surface area contributed by atoms with Crippen molar-refractivity contribution in [2.45, 2.75) is 19.4 Å². The van der Waals surface area contributed by atoms with Crippen LogP contribution in [0.25, 0.3) is 0 Å². The third-order valence-electron chi connectivity index (χ3n) is 3.98. The zero-order chi connectivity index (χ0) is 18.4. The quantitative estimate of drug-likeness (QED) is 0.812. The second kappa shape index (κ2) is 8.29. The fourth-order valence-corrected chi connectivity index (χ4v) is 2.77. The molecule has 0 aliphatic carbocycles. The Morgan fingerprint density at radius 3 is 2.42 bits per heavy atom. The molecule has 2 aromatic rings. The van der Waals surface area contributed by atoms with E-state index in [0.29, 0.717) is 12.4 Å². The summed E-state index contributed by atoms with van der Waals surface area (Å²) in [7, 11) is 0. The second-order valence-electron chi connectivity index (χ2n) is 5.88. The van der Waals surface area contributed by atoms with Crippen molar-refractivity contribution in [2.75, 3.05) is 18.5 Å². The van der Waals surface area contributed by atoms with Gasteiger partial charge in [-0.15, -0.1) is 0 Å². The van der Waals surface area contributed by atoms with Crippen molar-refractivity contribution in [2.24, 2.45) is 4.99 Å². The van der Waals surface area contributed by atoms with Crippen LogP contribution in [-0.4, -0.2) is 41.9 Å². The van der Waals surface area contributed by atoms with Gasteiger partial charge in [-0.05, 0) is 24.6 Å². The highest BCUT2D eigenvalue weighted by atomic mass is 16.5. The number of nitrogens with one attached hydrogen (secondary N) is 1. The number of nitrogens with zero attached hydrogens (tertiary/aromatic N) is 2. The summed E-state index contributed by atoms with van der Waals surface area (Å²) in [6.45, 7) is 1.85. The van der Waals surface area contributed by atoms with Gasteiger partial charge in [0, 0.05) is 12.1 Å². The van der Waals surface area contributed by atoms with Crippen molar-refractivity contribution in [1.29, 1.82) is 0 Å². The van der Waals surface area contributed by atoms with E-state index in [-0.39, 0.29) is 19.1 Å². The third-order valence-corrected chi connectivity index (χ3v) is 3.98. The Hall–Kier alpha value is -3.15. The number of ether oxygens (including phenoxy) is 1. The summed E-state index contributed by atoms with van der Waals surface area (Å²) < 4.78 is 4.99. The number of carbonyl (C=O) groups excluding carboxylic acids is 2. The van der Waals surface area contributed by atoms with Crippen molar-refractivity contribution in [3.05, 3.63) is 66.2 Å². The van der Waals surface area contributed by atoms with Crippen LogP contribution in [0.5, 0.6) is 0 Å². The second-order valence-corrected chi connectivity index (χ2v) is 5.88. The Bertz CT molecular complexity index is 790. The van der Waals surface area contributed by atoms with Gasteiger partial charge in [-0.1, -0.05) is 48.5 Å². The number of para-hydroxylation sites is 1. The fraction of sp³-hybridized carbons (Fsp3) is 0.250. The molecule has 0 unspecified atom stereocenters. The van der Waals surface area contributed by atoms with Gasteiger partial charge in [-0.3, -0.25) is 14.5 Å². The minimum absolute atomic E-state index is 0.156. The van der Waals surface area contributed by atoms with Gasteiger partial charge in [0.05, 0.1) is 6.61 Å². The zero-order valence-corrected chi connectivity index (χ0v) is 14.6. The first-order valence-electron chi connectivity index (χ1n) is 8.58. The standard InChI is InChI=1S/C20H21N3O3/c1-2-26-18(24)14-23-19(25)17(13-15-9-5-3-6-10-15)22-20(23)21-16-11-7-4-8-12-16/h3-12,17H,2,13-14H2,1H3,(H,21,22)/t17-/m0/s1. The van der Waals surface area contributed by atoms with Crippen molar-refractivity contribution in [3.8, 4) is 0 Å². The van der Waals surface area contributed by atoms with Gasteiger partial charge >= 0.3 is 5.97 Å². The van der Waals surface area contributed by atoms with Gasteiger partial charge in [0.1, 0.15) is 12.6 Å². The molecule has 1 aliphatic rings. The number of hydrogen-bond acceptors (Lipinski definition) is 5. The van der Waals surface area contributed by atoms with E-state index in [1.165, 1.54) is 4.90 Å². The average Bonchev–Trinajstić information content (AvgIpc) is 2.92. The van der Waals surface area contributed by atoms with E-state index in [9.17, 15) is 9.59 Å². The number of guanidine groups is 1. The van der Waals surface area contributed by atoms with Crippen LogP contribution >= 0.6 is 0 Å². The number of carbonyl (C=O) groups is 2. The number of amides is 1. The minimum Gasteiger partial charge on any atom is -0.465 e. The van der Waals surface area contributed by atoms with Crippen molar-refractivity contribution < 1.29 is 14.3 Å². The fourth-order valence-electron chi connectivity index (χ4n) is 2.77. The highest BCUT2D eigenvalue weighted by Gasteiger charge is 2.36. The minimum atomic E-state index is -0.557. The van der Waals surface area contributed by atoms with Gasteiger partial charge in [0.25, 0.3) is 5.91 Å². The maximum atomic E-state index is 12.8. The Morgan fingerprint density at radius 2 is 1.77 bits per heavy atom. The average molecular weight is 351 g/mol. The number of aliphatic imine (C=N–C) groups is 1. The first kappa shape index (κ1) is 17.7. The van der Waals surface area contributed by atoms with Crippen LogP contribution in [0.2, 0.25) is 0 Å². The van der Waals surface area contributed by atoms with Gasteiger partial charge in [-0.2, -0.15) is 0 Å². The SMILES string of the molecule is CCOC(=O)CN1C(=O)[C@H](Cc2ccccc2)N=C1Nc1ccccc1. The molecule has 1 heterocycles. The molecule has 1 amide bonds. The lowest BCUT2D eigenvalue weighted by atomic mass is 10.1. The van der Waals surface area contributed by atoms with E-state index in [0.717, 1.165) is 11.3 Å². The molecule has 0 saturated heterocycles. The molecule has 0 spiro atoms.